The molecule has 0 aliphatic carbocycles. The Morgan fingerprint density at radius 1 is 1.09 bits per heavy atom. The highest BCUT2D eigenvalue weighted by Crippen LogP contribution is 2.30. The molecule has 7 nitrogen and oxygen atoms in total. The van der Waals surface area contributed by atoms with Crippen LogP contribution in [-0.2, 0) is 10.0 Å². The highest BCUT2D eigenvalue weighted by molar-refractivity contribution is 7.89. The number of para-hydroxylation sites is 2. The summed E-state index contributed by atoms with van der Waals surface area (Å²) in [4.78, 5) is 19.7. The minimum Gasteiger partial charge on any atom is -0.343 e. The predicted octanol–water partition coefficient (Wildman–Crippen LogP) is 3.42. The first-order valence-electron chi connectivity index (χ1n) is 10.0. The van der Waals surface area contributed by atoms with Crippen LogP contribution in [0.2, 0.25) is 0 Å². The zero-order chi connectivity index (χ0) is 22.9. The zero-order valence-electron chi connectivity index (χ0n) is 16.9. The molecule has 3 aromatic rings. The molecule has 0 unspecified atom stereocenters. The van der Waals surface area contributed by atoms with Gasteiger partial charge >= 0.3 is 6.18 Å². The molecule has 4 rings (SSSR count). The Labute approximate surface area is 182 Å². The molecule has 2 N–H and O–H groups in total. The fourth-order valence-electron chi connectivity index (χ4n) is 3.75. The van der Waals surface area contributed by atoms with Crippen molar-refractivity contribution in [2.45, 2.75) is 29.8 Å². The number of benzene rings is 2. The van der Waals surface area contributed by atoms with E-state index in [0.29, 0.717) is 25.9 Å². The Bertz CT molecular complexity index is 1180. The maximum Gasteiger partial charge on any atom is 0.405 e. The second-order valence-corrected chi connectivity index (χ2v) is 9.58. The summed E-state index contributed by atoms with van der Waals surface area (Å²) in [6.45, 7) is -0.818. The van der Waals surface area contributed by atoms with Gasteiger partial charge in [0.05, 0.1) is 15.9 Å². The number of nitrogens with zero attached hydrogens (tertiary/aromatic N) is 2. The third kappa shape index (κ3) is 4.78. The first kappa shape index (κ1) is 22.3. The molecule has 0 spiro atoms. The number of halogens is 3. The zero-order valence-corrected chi connectivity index (χ0v) is 17.7. The summed E-state index contributed by atoms with van der Waals surface area (Å²) < 4.78 is 64.0. The van der Waals surface area contributed by atoms with Crippen LogP contribution < -0.4 is 5.32 Å². The van der Waals surface area contributed by atoms with Crippen LogP contribution in [0.5, 0.6) is 0 Å². The van der Waals surface area contributed by atoms with Crippen molar-refractivity contribution in [2.75, 3.05) is 19.6 Å². The van der Waals surface area contributed by atoms with Gasteiger partial charge in [-0.1, -0.05) is 12.1 Å². The molecule has 1 aliphatic heterocycles. The number of imidazole rings is 1. The van der Waals surface area contributed by atoms with Gasteiger partial charge in [-0.2, -0.15) is 17.5 Å². The van der Waals surface area contributed by atoms with Gasteiger partial charge < -0.3 is 10.3 Å². The van der Waals surface area contributed by atoms with Gasteiger partial charge in [0.1, 0.15) is 12.4 Å². The molecule has 0 saturated carbocycles. The van der Waals surface area contributed by atoms with Gasteiger partial charge in [-0.05, 0) is 49.2 Å². The Morgan fingerprint density at radius 3 is 2.38 bits per heavy atom. The molecule has 2 heterocycles. The number of aromatic amines is 1. The summed E-state index contributed by atoms with van der Waals surface area (Å²) in [5.41, 5.74) is 1.77. The summed E-state index contributed by atoms with van der Waals surface area (Å²) in [6.07, 6.45) is -3.30. The average molecular weight is 466 g/mol. The van der Waals surface area contributed by atoms with E-state index in [1.165, 1.54) is 28.6 Å². The van der Waals surface area contributed by atoms with Gasteiger partial charge in [0.25, 0.3) is 5.91 Å². The molecule has 0 radical (unpaired) electrons. The second-order valence-electron chi connectivity index (χ2n) is 7.64. The summed E-state index contributed by atoms with van der Waals surface area (Å²) >= 11 is 0. The van der Waals surface area contributed by atoms with E-state index >= 15 is 0 Å². The van der Waals surface area contributed by atoms with E-state index in [9.17, 15) is 26.4 Å². The van der Waals surface area contributed by atoms with E-state index in [2.05, 4.69) is 9.97 Å². The largest absolute Gasteiger partial charge is 0.405 e. The number of sulfonamides is 1. The number of hydrogen-bond donors (Lipinski definition) is 2. The molecular formula is C21H21F3N4O3S. The van der Waals surface area contributed by atoms with E-state index in [4.69, 9.17) is 0 Å². The third-order valence-corrected chi connectivity index (χ3v) is 7.36. The summed E-state index contributed by atoms with van der Waals surface area (Å²) in [7, 11) is -3.78. The van der Waals surface area contributed by atoms with E-state index in [0.717, 1.165) is 16.9 Å². The molecule has 32 heavy (non-hydrogen) atoms. The maximum atomic E-state index is 13.0. The summed E-state index contributed by atoms with van der Waals surface area (Å²) in [6, 6.07) is 12.6. The Balaban J connectivity index is 1.40. The number of H-pyrrole nitrogens is 1. The van der Waals surface area contributed by atoms with E-state index < -0.39 is 28.7 Å². The summed E-state index contributed by atoms with van der Waals surface area (Å²) in [5.74, 6) is 0.0453. The van der Waals surface area contributed by atoms with Crippen LogP contribution >= 0.6 is 0 Å². The number of carbonyl (C=O) groups is 1. The van der Waals surface area contributed by atoms with Crippen molar-refractivity contribution in [3.05, 3.63) is 59.9 Å². The van der Waals surface area contributed by atoms with Crippen LogP contribution in [0.4, 0.5) is 13.2 Å². The number of alkyl halides is 3. The quantitative estimate of drug-likeness (QED) is 0.602. The van der Waals surface area contributed by atoms with Crippen molar-refractivity contribution in [2.24, 2.45) is 0 Å². The Kier molecular flexibility index (Phi) is 5.95. The lowest BCUT2D eigenvalue weighted by Gasteiger charge is -2.30. The summed E-state index contributed by atoms with van der Waals surface area (Å²) in [5, 5.41) is 1.76. The van der Waals surface area contributed by atoms with E-state index in [1.807, 2.05) is 24.3 Å². The number of piperidine rings is 1. The van der Waals surface area contributed by atoms with Crippen molar-refractivity contribution in [3.63, 3.8) is 0 Å². The van der Waals surface area contributed by atoms with Crippen molar-refractivity contribution >= 4 is 27.0 Å². The lowest BCUT2D eigenvalue weighted by Crippen LogP contribution is -2.38. The number of nitrogens with one attached hydrogen (secondary N) is 2. The van der Waals surface area contributed by atoms with Gasteiger partial charge in [0, 0.05) is 24.6 Å². The Hall–Kier alpha value is -2.92. The fourth-order valence-corrected chi connectivity index (χ4v) is 5.22. The van der Waals surface area contributed by atoms with E-state index in [1.54, 1.807) is 5.32 Å². The Morgan fingerprint density at radius 2 is 1.75 bits per heavy atom. The van der Waals surface area contributed by atoms with Crippen LogP contribution in [0.15, 0.2) is 53.4 Å². The molecule has 0 bridgehead atoms. The van der Waals surface area contributed by atoms with Crippen molar-refractivity contribution in [1.82, 2.24) is 19.6 Å². The van der Waals surface area contributed by atoms with Crippen LogP contribution in [0.3, 0.4) is 0 Å². The normalized spacial score (nSPS) is 16.3. The molecule has 2 aromatic carbocycles. The fraction of sp³-hybridized carbons (Fsp3) is 0.333. The minimum atomic E-state index is -4.52. The predicted molar refractivity (Wildman–Crippen MR) is 112 cm³/mol. The number of carbonyl (C=O) groups excluding carboxylic acids is 1. The van der Waals surface area contributed by atoms with Crippen LogP contribution in [0, 0.1) is 0 Å². The first-order chi connectivity index (χ1) is 15.1. The van der Waals surface area contributed by atoms with E-state index in [-0.39, 0.29) is 16.4 Å². The molecule has 1 saturated heterocycles. The van der Waals surface area contributed by atoms with Gasteiger partial charge in [-0.3, -0.25) is 4.79 Å². The van der Waals surface area contributed by atoms with Gasteiger partial charge in [0.15, 0.2) is 0 Å². The minimum absolute atomic E-state index is 0.00735. The van der Waals surface area contributed by atoms with Gasteiger partial charge in [0.2, 0.25) is 10.0 Å². The van der Waals surface area contributed by atoms with Crippen molar-refractivity contribution < 1.29 is 26.4 Å². The molecule has 1 aromatic heterocycles. The number of aromatic nitrogens is 2. The van der Waals surface area contributed by atoms with Gasteiger partial charge in [-0.15, -0.1) is 0 Å². The second kappa shape index (κ2) is 8.55. The van der Waals surface area contributed by atoms with Crippen LogP contribution in [-0.4, -0.2) is 54.4 Å². The monoisotopic (exact) mass is 466 g/mol. The van der Waals surface area contributed by atoms with Crippen molar-refractivity contribution in [3.8, 4) is 0 Å². The number of amides is 1. The maximum absolute atomic E-state index is 13.0. The smallest absolute Gasteiger partial charge is 0.343 e. The van der Waals surface area contributed by atoms with Crippen LogP contribution in [0.1, 0.15) is 34.9 Å². The number of rotatable bonds is 5. The SMILES string of the molecule is O=C(NCC(F)(F)F)c1ccc(S(=O)(=O)N2CCC(c3nc4ccccc4[nH]3)CC2)cc1. The van der Waals surface area contributed by atoms with Crippen LogP contribution in [0.25, 0.3) is 11.0 Å². The van der Waals surface area contributed by atoms with Crippen molar-refractivity contribution in [1.29, 1.82) is 0 Å². The average Bonchev–Trinajstić information content (AvgIpc) is 3.21. The lowest BCUT2D eigenvalue weighted by atomic mass is 9.97. The first-order valence-corrected chi connectivity index (χ1v) is 11.5. The molecule has 11 heteroatoms. The number of fused-ring (bicyclic) bond motifs is 1. The highest BCUT2D eigenvalue weighted by atomic mass is 32.2. The molecule has 0 atom stereocenters. The molecule has 1 aliphatic rings. The molecule has 1 amide bonds. The number of hydrogen-bond acceptors (Lipinski definition) is 4. The van der Waals surface area contributed by atoms with Gasteiger partial charge in [-0.25, -0.2) is 13.4 Å². The standard InChI is InChI=1S/C21H21F3N4O3S/c22-21(23,24)13-25-20(29)15-5-7-16(8-6-15)32(30,31)28-11-9-14(10-12-28)19-26-17-3-1-2-4-18(17)27-19/h1-8,14H,9-13H2,(H,25,29)(H,26,27). The molecule has 170 valence electrons. The third-order valence-electron chi connectivity index (χ3n) is 5.45. The molecule has 1 fully saturated rings. The lowest BCUT2D eigenvalue weighted by molar-refractivity contribution is -0.123. The highest BCUT2D eigenvalue weighted by Gasteiger charge is 2.31. The molecular weight excluding hydrogens is 445 g/mol. The topological polar surface area (TPSA) is 95.2 Å².